The van der Waals surface area contributed by atoms with E-state index in [1.54, 1.807) is 12.1 Å². The molecule has 180 valence electrons. The summed E-state index contributed by atoms with van der Waals surface area (Å²) in [6.45, 7) is 0.962. The molecule has 4 rings (SSSR count). The topological polar surface area (TPSA) is 82.0 Å². The van der Waals surface area contributed by atoms with Gasteiger partial charge in [0.2, 0.25) is 5.91 Å². The molecule has 1 aliphatic heterocycles. The normalized spacial score (nSPS) is 15.3. The molecule has 0 saturated heterocycles. The lowest BCUT2D eigenvalue weighted by atomic mass is 9.90. The van der Waals surface area contributed by atoms with E-state index in [9.17, 15) is 9.59 Å². The Morgan fingerprint density at radius 3 is 2.31 bits per heavy atom. The fourth-order valence-electron chi connectivity index (χ4n) is 4.12. The molecule has 0 aromatic heterocycles. The minimum absolute atomic E-state index is 0.0691. The number of hydrogen-bond acceptors (Lipinski definition) is 4. The lowest BCUT2D eigenvalue weighted by Gasteiger charge is -2.15. The van der Waals surface area contributed by atoms with Crippen molar-refractivity contribution < 1.29 is 14.7 Å². The Kier molecular flexibility index (Phi) is 7.63. The summed E-state index contributed by atoms with van der Waals surface area (Å²) in [6.07, 6.45) is 1.46. The Labute approximate surface area is 210 Å². The molecular weight excluding hydrogens is 462 g/mol. The van der Waals surface area contributed by atoms with Crippen LogP contribution in [0.3, 0.4) is 0 Å². The van der Waals surface area contributed by atoms with Crippen LogP contribution < -0.4 is 5.32 Å². The van der Waals surface area contributed by atoms with Crippen molar-refractivity contribution >= 4 is 40.6 Å². The van der Waals surface area contributed by atoms with Crippen LogP contribution in [0.4, 0.5) is 11.4 Å². The highest BCUT2D eigenvalue weighted by Crippen LogP contribution is 2.37. The van der Waals surface area contributed by atoms with Gasteiger partial charge in [-0.1, -0.05) is 54.1 Å². The van der Waals surface area contributed by atoms with Gasteiger partial charge in [0.05, 0.1) is 11.4 Å². The maximum Gasteiger partial charge on any atom is 0.303 e. The Hall–Kier alpha value is -3.48. The minimum Gasteiger partial charge on any atom is -0.481 e. The predicted octanol–water partition coefficient (Wildman–Crippen LogP) is 5.32. The van der Waals surface area contributed by atoms with E-state index in [-0.39, 0.29) is 12.3 Å². The molecule has 35 heavy (non-hydrogen) atoms. The summed E-state index contributed by atoms with van der Waals surface area (Å²) < 4.78 is 0. The molecule has 7 heteroatoms. The number of carboxylic acids is 1. The SMILES string of the molecule is CN(C)CCc1ccc(N=C(c2ccc(CCC(=O)O)cc2)C2C(=O)Nc3cc(Cl)ccc32)cc1. The van der Waals surface area contributed by atoms with Gasteiger partial charge in [-0.25, -0.2) is 0 Å². The number of carboxylic acid groups (broad SMARTS) is 1. The van der Waals surface area contributed by atoms with E-state index in [0.29, 0.717) is 22.8 Å². The molecule has 0 radical (unpaired) electrons. The number of aliphatic imine (C=N–C) groups is 1. The third-order valence-corrected chi connectivity index (χ3v) is 6.27. The van der Waals surface area contributed by atoms with E-state index in [0.717, 1.165) is 35.3 Å². The van der Waals surface area contributed by atoms with Crippen molar-refractivity contribution in [1.29, 1.82) is 0 Å². The molecule has 1 heterocycles. The molecule has 0 fully saturated rings. The van der Waals surface area contributed by atoms with Crippen LogP contribution in [0.2, 0.25) is 5.02 Å². The smallest absolute Gasteiger partial charge is 0.303 e. The van der Waals surface area contributed by atoms with Gasteiger partial charge in [0.1, 0.15) is 5.92 Å². The first-order chi connectivity index (χ1) is 16.8. The first-order valence-corrected chi connectivity index (χ1v) is 11.9. The number of aryl methyl sites for hydroxylation is 1. The van der Waals surface area contributed by atoms with Gasteiger partial charge in [0, 0.05) is 23.7 Å². The van der Waals surface area contributed by atoms with Crippen LogP contribution in [0.25, 0.3) is 0 Å². The summed E-state index contributed by atoms with van der Waals surface area (Å²) >= 11 is 6.15. The monoisotopic (exact) mass is 489 g/mol. The molecule has 0 bridgehead atoms. The number of benzene rings is 3. The number of carbonyl (C=O) groups is 2. The number of nitrogens with zero attached hydrogens (tertiary/aromatic N) is 2. The van der Waals surface area contributed by atoms with Gasteiger partial charge in [0.15, 0.2) is 0 Å². The highest BCUT2D eigenvalue weighted by atomic mass is 35.5. The fourth-order valence-corrected chi connectivity index (χ4v) is 4.30. The maximum absolute atomic E-state index is 13.1. The summed E-state index contributed by atoms with van der Waals surface area (Å²) in [5.74, 6) is -1.57. The van der Waals surface area contributed by atoms with E-state index in [1.165, 1.54) is 5.56 Å². The Morgan fingerprint density at radius 2 is 1.66 bits per heavy atom. The van der Waals surface area contributed by atoms with Crippen LogP contribution in [-0.4, -0.2) is 48.2 Å². The molecule has 3 aromatic rings. The average molecular weight is 490 g/mol. The molecule has 6 nitrogen and oxygen atoms in total. The molecular formula is C28H28ClN3O3. The number of amides is 1. The zero-order valence-corrected chi connectivity index (χ0v) is 20.5. The van der Waals surface area contributed by atoms with Crippen LogP contribution >= 0.6 is 11.6 Å². The Balaban J connectivity index is 1.70. The van der Waals surface area contributed by atoms with Crippen LogP contribution in [0, 0.1) is 0 Å². The van der Waals surface area contributed by atoms with Gasteiger partial charge in [-0.2, -0.15) is 0 Å². The van der Waals surface area contributed by atoms with E-state index in [4.69, 9.17) is 21.7 Å². The van der Waals surface area contributed by atoms with Crippen molar-refractivity contribution in [1.82, 2.24) is 4.90 Å². The van der Waals surface area contributed by atoms with Crippen molar-refractivity contribution in [2.75, 3.05) is 26.0 Å². The molecule has 0 aliphatic carbocycles. The van der Waals surface area contributed by atoms with Crippen molar-refractivity contribution in [2.24, 2.45) is 4.99 Å². The molecule has 1 unspecified atom stereocenters. The van der Waals surface area contributed by atoms with Crippen LogP contribution in [0.15, 0.2) is 71.7 Å². The summed E-state index contributed by atoms with van der Waals surface area (Å²) in [5, 5.41) is 12.5. The van der Waals surface area contributed by atoms with Gasteiger partial charge in [-0.3, -0.25) is 14.6 Å². The van der Waals surface area contributed by atoms with Gasteiger partial charge < -0.3 is 15.3 Å². The van der Waals surface area contributed by atoms with Gasteiger partial charge in [0.25, 0.3) is 0 Å². The average Bonchev–Trinajstić information content (AvgIpc) is 3.15. The number of hydrogen-bond donors (Lipinski definition) is 2. The third-order valence-electron chi connectivity index (χ3n) is 6.03. The maximum atomic E-state index is 13.1. The number of aliphatic carboxylic acids is 1. The summed E-state index contributed by atoms with van der Waals surface area (Å²) in [6, 6.07) is 21.1. The molecule has 2 N–H and O–H groups in total. The molecule has 1 amide bonds. The second-order valence-corrected chi connectivity index (χ2v) is 9.40. The minimum atomic E-state index is -0.830. The van der Waals surface area contributed by atoms with E-state index >= 15 is 0 Å². The third kappa shape index (κ3) is 6.15. The van der Waals surface area contributed by atoms with Gasteiger partial charge >= 0.3 is 5.97 Å². The summed E-state index contributed by atoms with van der Waals surface area (Å²) in [7, 11) is 4.10. The number of fused-ring (bicyclic) bond motifs is 1. The predicted molar refractivity (Wildman–Crippen MR) is 140 cm³/mol. The number of rotatable bonds is 9. The van der Waals surface area contributed by atoms with Crippen LogP contribution in [0.5, 0.6) is 0 Å². The summed E-state index contributed by atoms with van der Waals surface area (Å²) in [5.41, 5.74) is 5.87. The quantitative estimate of drug-likeness (QED) is 0.399. The standard InChI is InChI=1S/C28H28ClN3O3/c1-32(2)16-15-19-5-11-22(12-6-19)30-27(20-8-3-18(4-9-20)7-14-25(33)34)26-23-13-10-21(29)17-24(23)31-28(26)35/h3-6,8-13,17,26H,7,14-16H2,1-2H3,(H,31,35)(H,33,34). The molecule has 0 spiro atoms. The van der Waals surface area contributed by atoms with Crippen molar-refractivity contribution in [3.05, 3.63) is 94.0 Å². The molecule has 1 atom stereocenters. The first-order valence-electron chi connectivity index (χ1n) is 11.5. The number of anilines is 1. The number of nitrogens with one attached hydrogen (secondary N) is 1. The zero-order chi connectivity index (χ0) is 24.9. The largest absolute Gasteiger partial charge is 0.481 e. The van der Waals surface area contributed by atoms with Gasteiger partial charge in [-0.05, 0) is 73.5 Å². The second kappa shape index (κ2) is 10.8. The fraction of sp³-hybridized carbons (Fsp3) is 0.250. The lowest BCUT2D eigenvalue weighted by Crippen LogP contribution is -2.22. The number of likely N-dealkylation sites (N-methyl/N-ethyl adjacent to an activating group) is 1. The molecule has 3 aromatic carbocycles. The summed E-state index contributed by atoms with van der Waals surface area (Å²) in [4.78, 5) is 31.1. The van der Waals surface area contributed by atoms with Crippen molar-refractivity contribution in [2.45, 2.75) is 25.2 Å². The Morgan fingerprint density at radius 1 is 1.00 bits per heavy atom. The van der Waals surface area contributed by atoms with E-state index in [1.807, 2.05) is 42.5 Å². The van der Waals surface area contributed by atoms with Crippen LogP contribution in [0.1, 0.15) is 34.6 Å². The second-order valence-electron chi connectivity index (χ2n) is 8.96. The lowest BCUT2D eigenvalue weighted by molar-refractivity contribution is -0.137. The van der Waals surface area contributed by atoms with E-state index < -0.39 is 11.9 Å². The number of halogens is 1. The van der Waals surface area contributed by atoms with Gasteiger partial charge in [-0.15, -0.1) is 0 Å². The number of carbonyl (C=O) groups excluding carboxylic acids is 1. The highest BCUT2D eigenvalue weighted by Gasteiger charge is 2.35. The zero-order valence-electron chi connectivity index (χ0n) is 19.8. The van der Waals surface area contributed by atoms with Crippen LogP contribution in [-0.2, 0) is 22.4 Å². The Bertz CT molecular complexity index is 1250. The highest BCUT2D eigenvalue weighted by molar-refractivity contribution is 6.31. The van der Waals surface area contributed by atoms with E-state index in [2.05, 4.69) is 36.4 Å². The van der Waals surface area contributed by atoms with Crippen molar-refractivity contribution in [3.8, 4) is 0 Å². The molecule has 0 saturated carbocycles. The molecule has 1 aliphatic rings. The first kappa shape index (κ1) is 24.6. The van der Waals surface area contributed by atoms with Crippen molar-refractivity contribution in [3.63, 3.8) is 0 Å².